The molecule has 21 heavy (non-hydrogen) atoms. The molecule has 110 valence electrons. The van der Waals surface area contributed by atoms with E-state index in [1.54, 1.807) is 11.9 Å². The summed E-state index contributed by atoms with van der Waals surface area (Å²) in [4.78, 5) is 20.1. The number of nitro groups is 1. The number of rotatable bonds is 4. The van der Waals surface area contributed by atoms with Gasteiger partial charge in [0.25, 0.3) is 0 Å². The highest BCUT2D eigenvalue weighted by Crippen LogP contribution is 2.32. The Hall–Kier alpha value is -2.74. The molecular formula is C13H16N6O2. The molecule has 3 N–H and O–H groups in total. The molecule has 8 heteroatoms. The Morgan fingerprint density at radius 1 is 1.38 bits per heavy atom. The van der Waals surface area contributed by atoms with E-state index in [2.05, 4.69) is 15.4 Å². The third-order valence-corrected chi connectivity index (χ3v) is 3.11. The summed E-state index contributed by atoms with van der Waals surface area (Å²) in [6.07, 6.45) is 1.14. The maximum Gasteiger partial charge on any atom is 0.330 e. The van der Waals surface area contributed by atoms with Crippen LogP contribution in [0, 0.1) is 24.0 Å². The molecule has 0 saturated heterocycles. The molecule has 0 fully saturated rings. The average Bonchev–Trinajstić information content (AvgIpc) is 2.45. The maximum absolute atomic E-state index is 11.1. The number of anilines is 3. The SMILES string of the molecule is Cc1ccc(N(C)c2nc(NN)ncc2[N+](=O)[O-])c(C)c1. The highest BCUT2D eigenvalue weighted by Gasteiger charge is 2.22. The van der Waals surface area contributed by atoms with Crippen LogP contribution < -0.4 is 16.2 Å². The number of aryl methyl sites for hydroxylation is 2. The van der Waals surface area contributed by atoms with E-state index >= 15 is 0 Å². The number of hydrogen-bond acceptors (Lipinski definition) is 7. The number of nitrogens with two attached hydrogens (primary N) is 1. The van der Waals surface area contributed by atoms with Gasteiger partial charge in [-0.1, -0.05) is 17.7 Å². The van der Waals surface area contributed by atoms with Crippen LogP contribution in [0.3, 0.4) is 0 Å². The van der Waals surface area contributed by atoms with Gasteiger partial charge < -0.3 is 4.90 Å². The zero-order valence-electron chi connectivity index (χ0n) is 12.0. The molecule has 0 amide bonds. The van der Waals surface area contributed by atoms with E-state index in [0.717, 1.165) is 23.0 Å². The molecular weight excluding hydrogens is 272 g/mol. The van der Waals surface area contributed by atoms with Gasteiger partial charge >= 0.3 is 5.69 Å². The summed E-state index contributed by atoms with van der Waals surface area (Å²) in [5.74, 6) is 5.56. The van der Waals surface area contributed by atoms with Crippen LogP contribution in [0.4, 0.5) is 23.1 Å². The molecule has 0 spiro atoms. The minimum absolute atomic E-state index is 0.118. The Labute approximate surface area is 121 Å². The number of aromatic nitrogens is 2. The normalized spacial score (nSPS) is 10.3. The van der Waals surface area contributed by atoms with Crippen LogP contribution in [0.25, 0.3) is 0 Å². The minimum atomic E-state index is -0.518. The topological polar surface area (TPSA) is 110 Å². The first kappa shape index (κ1) is 14.7. The van der Waals surface area contributed by atoms with Crippen LogP contribution >= 0.6 is 0 Å². The quantitative estimate of drug-likeness (QED) is 0.503. The summed E-state index contributed by atoms with van der Waals surface area (Å²) in [6.45, 7) is 3.92. The van der Waals surface area contributed by atoms with E-state index in [9.17, 15) is 10.1 Å². The fraction of sp³-hybridized carbons (Fsp3) is 0.231. The van der Waals surface area contributed by atoms with Gasteiger partial charge in [-0.05, 0) is 25.5 Å². The lowest BCUT2D eigenvalue weighted by Crippen LogP contribution is -2.18. The maximum atomic E-state index is 11.1. The number of hydrogen-bond donors (Lipinski definition) is 2. The number of hydrazine groups is 1. The lowest BCUT2D eigenvalue weighted by Gasteiger charge is -2.20. The number of nitrogens with zero attached hydrogens (tertiary/aromatic N) is 4. The standard InChI is InChI=1S/C13H16N6O2/c1-8-4-5-10(9(2)6-8)18(3)12-11(19(20)21)7-15-13(16-12)17-14/h4-7H,14H2,1-3H3,(H,15,16,17). The summed E-state index contributed by atoms with van der Waals surface area (Å²) in [5, 5.41) is 11.1. The molecule has 8 nitrogen and oxygen atoms in total. The van der Waals surface area contributed by atoms with Crippen molar-refractivity contribution in [1.29, 1.82) is 0 Å². The first-order valence-corrected chi connectivity index (χ1v) is 6.23. The lowest BCUT2D eigenvalue weighted by molar-refractivity contribution is -0.384. The molecule has 0 aliphatic heterocycles. The Morgan fingerprint density at radius 2 is 2.10 bits per heavy atom. The smallest absolute Gasteiger partial charge is 0.323 e. The predicted octanol–water partition coefficient (Wildman–Crippen LogP) is 2.06. The summed E-state index contributed by atoms with van der Waals surface area (Å²) in [7, 11) is 1.72. The average molecular weight is 288 g/mol. The molecule has 0 aliphatic carbocycles. The van der Waals surface area contributed by atoms with E-state index in [1.165, 1.54) is 0 Å². The van der Waals surface area contributed by atoms with Crippen molar-refractivity contribution in [3.63, 3.8) is 0 Å². The molecule has 1 heterocycles. The monoisotopic (exact) mass is 288 g/mol. The highest BCUT2D eigenvalue weighted by molar-refractivity contribution is 5.70. The van der Waals surface area contributed by atoms with Crippen molar-refractivity contribution in [2.24, 2.45) is 5.84 Å². The van der Waals surface area contributed by atoms with Crippen molar-refractivity contribution in [3.8, 4) is 0 Å². The highest BCUT2D eigenvalue weighted by atomic mass is 16.6. The van der Waals surface area contributed by atoms with Crippen molar-refractivity contribution in [2.45, 2.75) is 13.8 Å². The van der Waals surface area contributed by atoms with Gasteiger partial charge in [-0.15, -0.1) is 0 Å². The van der Waals surface area contributed by atoms with E-state index < -0.39 is 4.92 Å². The fourth-order valence-electron chi connectivity index (χ4n) is 2.11. The summed E-state index contributed by atoms with van der Waals surface area (Å²) in [5.41, 5.74) is 5.04. The summed E-state index contributed by atoms with van der Waals surface area (Å²) >= 11 is 0. The molecule has 2 aromatic rings. The molecule has 0 unspecified atom stereocenters. The van der Waals surface area contributed by atoms with E-state index in [0.29, 0.717) is 0 Å². The van der Waals surface area contributed by atoms with E-state index in [-0.39, 0.29) is 17.5 Å². The van der Waals surface area contributed by atoms with E-state index in [4.69, 9.17) is 5.84 Å². The van der Waals surface area contributed by atoms with Gasteiger partial charge in [0, 0.05) is 12.7 Å². The molecule has 2 rings (SSSR count). The molecule has 0 atom stereocenters. The third-order valence-electron chi connectivity index (χ3n) is 3.11. The van der Waals surface area contributed by atoms with Crippen LogP contribution in [0.15, 0.2) is 24.4 Å². The molecule has 0 saturated carbocycles. The van der Waals surface area contributed by atoms with Gasteiger partial charge in [-0.2, -0.15) is 4.98 Å². The van der Waals surface area contributed by atoms with Crippen molar-refractivity contribution in [3.05, 3.63) is 45.6 Å². The van der Waals surface area contributed by atoms with Crippen molar-refractivity contribution >= 4 is 23.1 Å². The van der Waals surface area contributed by atoms with Crippen molar-refractivity contribution in [1.82, 2.24) is 9.97 Å². The molecule has 0 radical (unpaired) electrons. The summed E-state index contributed by atoms with van der Waals surface area (Å²) < 4.78 is 0. The van der Waals surface area contributed by atoms with Crippen LogP contribution in [-0.2, 0) is 0 Å². The second-order valence-corrected chi connectivity index (χ2v) is 4.65. The van der Waals surface area contributed by atoms with Crippen LogP contribution in [0.1, 0.15) is 11.1 Å². The second kappa shape index (κ2) is 5.71. The number of benzene rings is 1. The van der Waals surface area contributed by atoms with Gasteiger partial charge in [0.2, 0.25) is 11.8 Å². The molecule has 1 aromatic heterocycles. The van der Waals surface area contributed by atoms with Crippen LogP contribution in [0.2, 0.25) is 0 Å². The van der Waals surface area contributed by atoms with Crippen LogP contribution in [0.5, 0.6) is 0 Å². The molecule has 0 aliphatic rings. The Balaban J connectivity index is 2.55. The molecule has 1 aromatic carbocycles. The Kier molecular flexibility index (Phi) is 3.99. The zero-order chi connectivity index (χ0) is 15.6. The second-order valence-electron chi connectivity index (χ2n) is 4.65. The molecule has 0 bridgehead atoms. The van der Waals surface area contributed by atoms with Crippen LogP contribution in [-0.4, -0.2) is 21.9 Å². The Bertz CT molecular complexity index is 688. The predicted molar refractivity (Wildman–Crippen MR) is 80.5 cm³/mol. The van der Waals surface area contributed by atoms with Gasteiger partial charge in [0.15, 0.2) is 0 Å². The van der Waals surface area contributed by atoms with Crippen molar-refractivity contribution in [2.75, 3.05) is 17.4 Å². The van der Waals surface area contributed by atoms with Gasteiger partial charge in [0.05, 0.1) is 4.92 Å². The lowest BCUT2D eigenvalue weighted by atomic mass is 10.1. The fourth-order valence-corrected chi connectivity index (χ4v) is 2.11. The third kappa shape index (κ3) is 2.90. The van der Waals surface area contributed by atoms with Gasteiger partial charge in [-0.3, -0.25) is 15.5 Å². The number of nitrogens with one attached hydrogen (secondary N) is 1. The first-order chi connectivity index (χ1) is 9.93. The van der Waals surface area contributed by atoms with Gasteiger partial charge in [0.1, 0.15) is 6.20 Å². The number of nitrogen functional groups attached to an aromatic ring is 1. The largest absolute Gasteiger partial charge is 0.330 e. The van der Waals surface area contributed by atoms with E-state index in [1.807, 2.05) is 32.0 Å². The van der Waals surface area contributed by atoms with Crippen molar-refractivity contribution < 1.29 is 4.92 Å². The summed E-state index contributed by atoms with van der Waals surface area (Å²) in [6, 6.07) is 5.83. The first-order valence-electron chi connectivity index (χ1n) is 6.23. The van der Waals surface area contributed by atoms with Gasteiger partial charge in [-0.25, -0.2) is 10.8 Å². The minimum Gasteiger partial charge on any atom is -0.323 e. The zero-order valence-corrected chi connectivity index (χ0v) is 12.0. The Morgan fingerprint density at radius 3 is 2.67 bits per heavy atom.